The molecule has 3 aromatic heterocycles. The number of nitrogens with zero attached hydrogens (tertiary/aromatic N) is 3. The molecule has 3 aromatic rings. The van der Waals surface area contributed by atoms with Crippen molar-refractivity contribution in [2.75, 3.05) is 18.1 Å². The zero-order valence-corrected chi connectivity index (χ0v) is 21.2. The lowest BCUT2D eigenvalue weighted by molar-refractivity contribution is -0.0402. The van der Waals surface area contributed by atoms with Gasteiger partial charge in [0.05, 0.1) is 22.4 Å². The summed E-state index contributed by atoms with van der Waals surface area (Å²) in [6, 6.07) is 0. The summed E-state index contributed by atoms with van der Waals surface area (Å²) >= 11 is 3.34. The maximum absolute atomic E-state index is 6.21. The minimum Gasteiger partial charge on any atom is -0.370 e. The standard InChI is InChI=1S/C24H34N4OS2/c1-7-8-9-10-25-21-20-19(27-23(28-21)30-6)18-15-12-24(4,5)29-13-16(15)17(11-14(2)3)26-22(18)31-20/h14H,7-13H2,1-6H3,(H,25,27,28). The Balaban J connectivity index is 1.93. The number of rotatable bonds is 8. The third kappa shape index (κ3) is 4.69. The molecule has 0 saturated heterocycles. The largest absolute Gasteiger partial charge is 0.370 e. The summed E-state index contributed by atoms with van der Waals surface area (Å²) in [7, 11) is 0. The number of hydrogen-bond acceptors (Lipinski definition) is 7. The zero-order valence-electron chi connectivity index (χ0n) is 19.6. The average molecular weight is 459 g/mol. The van der Waals surface area contributed by atoms with E-state index in [-0.39, 0.29) is 5.60 Å². The molecule has 168 valence electrons. The second kappa shape index (κ2) is 9.20. The number of anilines is 1. The predicted molar refractivity (Wildman–Crippen MR) is 134 cm³/mol. The number of unbranched alkanes of at least 4 members (excludes halogenated alkanes) is 2. The van der Waals surface area contributed by atoms with Crippen LogP contribution in [0.2, 0.25) is 0 Å². The summed E-state index contributed by atoms with van der Waals surface area (Å²) in [6.45, 7) is 12.7. The van der Waals surface area contributed by atoms with Gasteiger partial charge in [0, 0.05) is 29.6 Å². The van der Waals surface area contributed by atoms with Crippen molar-refractivity contribution in [3.63, 3.8) is 0 Å². The van der Waals surface area contributed by atoms with Gasteiger partial charge in [-0.25, -0.2) is 15.0 Å². The molecule has 0 spiro atoms. The third-order valence-electron chi connectivity index (χ3n) is 5.81. The Morgan fingerprint density at radius 2 is 1.97 bits per heavy atom. The van der Waals surface area contributed by atoms with Gasteiger partial charge in [0.1, 0.15) is 10.6 Å². The van der Waals surface area contributed by atoms with Gasteiger partial charge in [-0.3, -0.25) is 0 Å². The van der Waals surface area contributed by atoms with Crippen molar-refractivity contribution in [2.24, 2.45) is 5.92 Å². The Morgan fingerprint density at radius 3 is 2.68 bits per heavy atom. The van der Waals surface area contributed by atoms with Gasteiger partial charge in [0.2, 0.25) is 0 Å². The molecular formula is C24H34N4OS2. The van der Waals surface area contributed by atoms with Crippen LogP contribution in [0.3, 0.4) is 0 Å². The molecule has 0 aliphatic carbocycles. The molecule has 0 bridgehead atoms. The molecule has 4 rings (SSSR count). The predicted octanol–water partition coefficient (Wildman–Crippen LogP) is 6.61. The van der Waals surface area contributed by atoms with E-state index in [1.807, 2.05) is 6.26 Å². The van der Waals surface area contributed by atoms with Crippen LogP contribution in [0.4, 0.5) is 5.82 Å². The number of pyridine rings is 1. The van der Waals surface area contributed by atoms with Crippen molar-refractivity contribution in [1.29, 1.82) is 0 Å². The van der Waals surface area contributed by atoms with Crippen LogP contribution in [0.1, 0.15) is 70.7 Å². The molecule has 0 atom stereocenters. The molecular weight excluding hydrogens is 424 g/mol. The van der Waals surface area contributed by atoms with E-state index in [0.717, 1.165) is 51.8 Å². The van der Waals surface area contributed by atoms with Crippen molar-refractivity contribution >= 4 is 49.3 Å². The first-order chi connectivity index (χ1) is 14.8. The fourth-order valence-corrected chi connectivity index (χ4v) is 5.76. The molecule has 0 aromatic carbocycles. The van der Waals surface area contributed by atoms with Crippen LogP contribution in [-0.4, -0.2) is 33.4 Å². The average Bonchev–Trinajstić information content (AvgIpc) is 3.08. The van der Waals surface area contributed by atoms with Gasteiger partial charge < -0.3 is 10.1 Å². The number of aromatic nitrogens is 3. The van der Waals surface area contributed by atoms with Crippen molar-refractivity contribution in [3.8, 4) is 0 Å². The Bertz CT molecular complexity index is 1090. The summed E-state index contributed by atoms with van der Waals surface area (Å²) in [5, 5.41) is 5.63. The Kier molecular flexibility index (Phi) is 6.75. The molecule has 0 amide bonds. The minimum absolute atomic E-state index is 0.179. The van der Waals surface area contributed by atoms with E-state index in [4.69, 9.17) is 19.7 Å². The quantitative estimate of drug-likeness (QED) is 0.233. The number of fused-ring (bicyclic) bond motifs is 5. The van der Waals surface area contributed by atoms with Crippen LogP contribution < -0.4 is 5.32 Å². The first-order valence-electron chi connectivity index (χ1n) is 11.4. The Hall–Kier alpha value is -1.44. The van der Waals surface area contributed by atoms with Gasteiger partial charge in [0.15, 0.2) is 5.16 Å². The number of ether oxygens (including phenoxy) is 1. The maximum Gasteiger partial charge on any atom is 0.189 e. The molecule has 0 radical (unpaired) electrons. The SMILES string of the molecule is CCCCCNc1nc(SC)nc2c1sc1nc(CC(C)C)c3c(c12)CC(C)(C)OC3. The molecule has 4 heterocycles. The van der Waals surface area contributed by atoms with Gasteiger partial charge in [-0.05, 0) is 44.4 Å². The second-order valence-corrected chi connectivity index (χ2v) is 11.3. The fourth-order valence-electron chi connectivity index (χ4n) is 4.27. The van der Waals surface area contributed by atoms with Crippen molar-refractivity contribution in [3.05, 3.63) is 16.8 Å². The first kappa shape index (κ1) is 22.7. The van der Waals surface area contributed by atoms with Crippen molar-refractivity contribution in [2.45, 2.75) is 84.1 Å². The van der Waals surface area contributed by atoms with Gasteiger partial charge >= 0.3 is 0 Å². The molecule has 0 saturated carbocycles. The van der Waals surface area contributed by atoms with Crippen LogP contribution in [0.15, 0.2) is 5.16 Å². The number of thioether (sulfide) groups is 1. The van der Waals surface area contributed by atoms with E-state index in [2.05, 4.69) is 39.9 Å². The highest BCUT2D eigenvalue weighted by Crippen LogP contribution is 2.43. The topological polar surface area (TPSA) is 59.9 Å². The Morgan fingerprint density at radius 1 is 1.16 bits per heavy atom. The van der Waals surface area contributed by atoms with E-state index < -0.39 is 0 Å². The molecule has 0 unspecified atom stereocenters. The summed E-state index contributed by atoms with van der Waals surface area (Å²) in [5.41, 5.74) is 4.72. The van der Waals surface area contributed by atoms with Gasteiger partial charge in [-0.1, -0.05) is 45.4 Å². The molecule has 1 aliphatic heterocycles. The lowest BCUT2D eigenvalue weighted by Crippen LogP contribution is -2.33. The molecule has 7 heteroatoms. The van der Waals surface area contributed by atoms with E-state index >= 15 is 0 Å². The molecule has 5 nitrogen and oxygen atoms in total. The summed E-state index contributed by atoms with van der Waals surface area (Å²) < 4.78 is 7.34. The number of nitrogens with one attached hydrogen (secondary N) is 1. The highest BCUT2D eigenvalue weighted by Gasteiger charge is 2.32. The molecule has 1 aliphatic rings. The van der Waals surface area contributed by atoms with E-state index in [9.17, 15) is 0 Å². The van der Waals surface area contributed by atoms with Gasteiger partial charge in [-0.15, -0.1) is 11.3 Å². The van der Waals surface area contributed by atoms with E-state index in [1.54, 1.807) is 23.1 Å². The fraction of sp³-hybridized carbons (Fsp3) is 0.625. The summed E-state index contributed by atoms with van der Waals surface area (Å²) in [4.78, 5) is 16.0. The van der Waals surface area contributed by atoms with E-state index in [1.165, 1.54) is 35.0 Å². The lowest BCUT2D eigenvalue weighted by Gasteiger charge is -2.33. The summed E-state index contributed by atoms with van der Waals surface area (Å²) in [6.07, 6.45) is 7.50. The number of thiophene rings is 1. The van der Waals surface area contributed by atoms with Crippen LogP contribution in [0, 0.1) is 5.92 Å². The maximum atomic E-state index is 6.21. The van der Waals surface area contributed by atoms with Crippen molar-refractivity contribution in [1.82, 2.24) is 15.0 Å². The van der Waals surface area contributed by atoms with Crippen molar-refractivity contribution < 1.29 is 4.74 Å². The first-order valence-corrected chi connectivity index (χ1v) is 13.4. The minimum atomic E-state index is -0.179. The molecule has 1 N–H and O–H groups in total. The zero-order chi connectivity index (χ0) is 22.2. The molecule has 31 heavy (non-hydrogen) atoms. The van der Waals surface area contributed by atoms with E-state index in [0.29, 0.717) is 12.5 Å². The Labute approximate surface area is 193 Å². The van der Waals surface area contributed by atoms with Gasteiger partial charge in [-0.2, -0.15) is 0 Å². The summed E-state index contributed by atoms with van der Waals surface area (Å²) in [5.74, 6) is 1.51. The monoisotopic (exact) mass is 458 g/mol. The van der Waals surface area contributed by atoms with Crippen LogP contribution >= 0.6 is 23.1 Å². The smallest absolute Gasteiger partial charge is 0.189 e. The molecule has 0 fully saturated rings. The highest BCUT2D eigenvalue weighted by molar-refractivity contribution is 7.98. The number of hydrogen-bond donors (Lipinski definition) is 1. The van der Waals surface area contributed by atoms with Gasteiger partial charge in [0.25, 0.3) is 0 Å². The normalized spacial score (nSPS) is 15.7. The second-order valence-electron chi connectivity index (χ2n) is 9.49. The third-order valence-corrected chi connectivity index (χ3v) is 7.44. The lowest BCUT2D eigenvalue weighted by atomic mass is 9.88. The van der Waals surface area contributed by atoms with Crippen LogP contribution in [0.25, 0.3) is 20.4 Å². The van der Waals surface area contributed by atoms with Crippen LogP contribution in [-0.2, 0) is 24.2 Å². The van der Waals surface area contributed by atoms with Crippen LogP contribution in [0.5, 0.6) is 0 Å². The highest BCUT2D eigenvalue weighted by atomic mass is 32.2.